The minimum absolute atomic E-state index is 0.129. The van der Waals surface area contributed by atoms with Crippen LogP contribution in [0.4, 0.5) is 0 Å². The van der Waals surface area contributed by atoms with Gasteiger partial charge in [-0.2, -0.15) is 5.48 Å². The monoisotopic (exact) mass is 173 g/mol. The Balaban J connectivity index is 2.23. The maximum absolute atomic E-state index is 9.44. The van der Waals surface area contributed by atoms with E-state index in [2.05, 4.69) is 5.48 Å². The second-order valence-corrected chi connectivity index (χ2v) is 4.44. The second kappa shape index (κ2) is 3.73. The number of hydroxylamine groups is 1. The molecule has 0 aromatic heterocycles. The molecule has 3 heteroatoms. The molecule has 1 rings (SSSR count). The standard InChI is InChI=1S/C9H19NO2/c1-9(2,3)12-10-7-5-4-6-8(7)11/h7-8,10-11H,4-6H2,1-3H3. The van der Waals surface area contributed by atoms with Crippen LogP contribution in [-0.2, 0) is 4.84 Å². The molecular formula is C9H19NO2. The minimum atomic E-state index is -0.229. The third-order valence-electron chi connectivity index (χ3n) is 2.00. The second-order valence-electron chi connectivity index (χ2n) is 4.44. The predicted molar refractivity (Wildman–Crippen MR) is 47.6 cm³/mol. The maximum Gasteiger partial charge on any atom is 0.0813 e. The van der Waals surface area contributed by atoms with Crippen molar-refractivity contribution in [2.75, 3.05) is 0 Å². The first-order valence-electron chi connectivity index (χ1n) is 4.60. The van der Waals surface area contributed by atoms with Crippen LogP contribution in [0.2, 0.25) is 0 Å². The highest BCUT2D eigenvalue weighted by Crippen LogP contribution is 2.19. The van der Waals surface area contributed by atoms with Gasteiger partial charge in [-0.25, -0.2) is 0 Å². The summed E-state index contributed by atoms with van der Waals surface area (Å²) in [6.45, 7) is 5.96. The zero-order valence-corrected chi connectivity index (χ0v) is 8.13. The van der Waals surface area contributed by atoms with Crippen molar-refractivity contribution in [3.63, 3.8) is 0 Å². The molecular weight excluding hydrogens is 154 g/mol. The molecule has 2 atom stereocenters. The van der Waals surface area contributed by atoms with Crippen molar-refractivity contribution >= 4 is 0 Å². The molecule has 12 heavy (non-hydrogen) atoms. The van der Waals surface area contributed by atoms with Gasteiger partial charge in [0.25, 0.3) is 0 Å². The van der Waals surface area contributed by atoms with E-state index in [1.165, 1.54) is 0 Å². The number of aliphatic hydroxyl groups excluding tert-OH is 1. The molecule has 3 nitrogen and oxygen atoms in total. The van der Waals surface area contributed by atoms with Crippen LogP contribution >= 0.6 is 0 Å². The molecule has 2 N–H and O–H groups in total. The molecule has 0 amide bonds. The summed E-state index contributed by atoms with van der Waals surface area (Å²) in [6.07, 6.45) is 2.77. The first kappa shape index (κ1) is 9.96. The first-order chi connectivity index (χ1) is 5.49. The third-order valence-corrected chi connectivity index (χ3v) is 2.00. The average Bonchev–Trinajstić information content (AvgIpc) is 2.29. The van der Waals surface area contributed by atoms with Crippen LogP contribution in [0.15, 0.2) is 0 Å². The Morgan fingerprint density at radius 2 is 2.00 bits per heavy atom. The lowest BCUT2D eigenvalue weighted by molar-refractivity contribution is -0.100. The van der Waals surface area contributed by atoms with E-state index < -0.39 is 0 Å². The highest BCUT2D eigenvalue weighted by Gasteiger charge is 2.26. The van der Waals surface area contributed by atoms with Crippen molar-refractivity contribution in [1.29, 1.82) is 0 Å². The van der Waals surface area contributed by atoms with Gasteiger partial charge in [0.15, 0.2) is 0 Å². The van der Waals surface area contributed by atoms with Crippen LogP contribution in [0.1, 0.15) is 40.0 Å². The van der Waals surface area contributed by atoms with Gasteiger partial charge in [-0.3, -0.25) is 4.84 Å². The molecule has 0 saturated heterocycles. The molecule has 1 fully saturated rings. The fraction of sp³-hybridized carbons (Fsp3) is 1.00. The van der Waals surface area contributed by atoms with E-state index >= 15 is 0 Å². The van der Waals surface area contributed by atoms with Gasteiger partial charge >= 0.3 is 0 Å². The molecule has 0 heterocycles. The highest BCUT2D eigenvalue weighted by molar-refractivity contribution is 4.80. The summed E-state index contributed by atoms with van der Waals surface area (Å²) >= 11 is 0. The van der Waals surface area contributed by atoms with E-state index in [9.17, 15) is 5.11 Å². The van der Waals surface area contributed by atoms with Crippen molar-refractivity contribution < 1.29 is 9.94 Å². The molecule has 0 radical (unpaired) electrons. The van der Waals surface area contributed by atoms with E-state index in [0.29, 0.717) is 0 Å². The summed E-state index contributed by atoms with van der Waals surface area (Å²) in [7, 11) is 0. The minimum Gasteiger partial charge on any atom is -0.391 e. The number of nitrogens with one attached hydrogen (secondary N) is 1. The largest absolute Gasteiger partial charge is 0.391 e. The SMILES string of the molecule is CC(C)(C)ONC1CCCC1O. The fourth-order valence-corrected chi connectivity index (χ4v) is 1.33. The molecule has 0 aromatic carbocycles. The van der Waals surface area contributed by atoms with Crippen molar-refractivity contribution in [1.82, 2.24) is 5.48 Å². The third kappa shape index (κ3) is 3.09. The zero-order valence-electron chi connectivity index (χ0n) is 8.13. The van der Waals surface area contributed by atoms with Gasteiger partial charge in [0.05, 0.1) is 17.7 Å². The number of rotatable bonds is 2. The van der Waals surface area contributed by atoms with Crippen molar-refractivity contribution in [2.45, 2.75) is 57.8 Å². The van der Waals surface area contributed by atoms with Gasteiger partial charge in [0.2, 0.25) is 0 Å². The van der Waals surface area contributed by atoms with Crippen LogP contribution in [-0.4, -0.2) is 22.9 Å². The van der Waals surface area contributed by atoms with Gasteiger partial charge < -0.3 is 5.11 Å². The van der Waals surface area contributed by atoms with Crippen LogP contribution in [0, 0.1) is 0 Å². The summed E-state index contributed by atoms with van der Waals surface area (Å²) in [6, 6.07) is 0.129. The Labute approximate surface area is 74.1 Å². The normalized spacial score (nSPS) is 31.0. The van der Waals surface area contributed by atoms with Gasteiger partial charge in [-0.15, -0.1) is 0 Å². The molecule has 1 saturated carbocycles. The fourth-order valence-electron chi connectivity index (χ4n) is 1.33. The first-order valence-corrected chi connectivity index (χ1v) is 4.60. The Bertz CT molecular complexity index is 142. The highest BCUT2D eigenvalue weighted by atomic mass is 16.7. The Kier molecular flexibility index (Phi) is 3.09. The van der Waals surface area contributed by atoms with Crippen molar-refractivity contribution in [2.24, 2.45) is 0 Å². The van der Waals surface area contributed by atoms with Gasteiger partial charge in [0.1, 0.15) is 0 Å². The Hall–Kier alpha value is -0.120. The lowest BCUT2D eigenvalue weighted by Gasteiger charge is -2.24. The van der Waals surface area contributed by atoms with Gasteiger partial charge in [-0.1, -0.05) is 0 Å². The van der Waals surface area contributed by atoms with Gasteiger partial charge in [-0.05, 0) is 40.0 Å². The number of aliphatic hydroxyl groups is 1. The lowest BCUT2D eigenvalue weighted by Crippen LogP contribution is -2.40. The maximum atomic E-state index is 9.44. The van der Waals surface area contributed by atoms with Crippen LogP contribution < -0.4 is 5.48 Å². The van der Waals surface area contributed by atoms with E-state index in [1.807, 2.05) is 20.8 Å². The lowest BCUT2D eigenvalue weighted by atomic mass is 10.2. The van der Waals surface area contributed by atoms with Crippen molar-refractivity contribution in [3.8, 4) is 0 Å². The molecule has 2 unspecified atom stereocenters. The summed E-state index contributed by atoms with van der Waals surface area (Å²) < 4.78 is 0. The molecule has 72 valence electrons. The quantitative estimate of drug-likeness (QED) is 0.617. The van der Waals surface area contributed by atoms with Crippen molar-refractivity contribution in [3.05, 3.63) is 0 Å². The van der Waals surface area contributed by atoms with Crippen LogP contribution in [0.3, 0.4) is 0 Å². The zero-order chi connectivity index (χ0) is 9.19. The summed E-state index contributed by atoms with van der Waals surface area (Å²) in [5, 5.41) is 9.44. The summed E-state index contributed by atoms with van der Waals surface area (Å²) in [4.78, 5) is 5.37. The number of hydrogen-bond acceptors (Lipinski definition) is 3. The van der Waals surface area contributed by atoms with Crippen LogP contribution in [0.25, 0.3) is 0 Å². The molecule has 0 spiro atoms. The van der Waals surface area contributed by atoms with E-state index in [4.69, 9.17) is 4.84 Å². The average molecular weight is 173 g/mol. The topological polar surface area (TPSA) is 41.5 Å². The summed E-state index contributed by atoms with van der Waals surface area (Å²) in [5.74, 6) is 0. The van der Waals surface area contributed by atoms with E-state index in [-0.39, 0.29) is 17.7 Å². The molecule has 1 aliphatic rings. The molecule has 0 aliphatic heterocycles. The Morgan fingerprint density at radius 1 is 1.33 bits per heavy atom. The molecule has 0 aromatic rings. The van der Waals surface area contributed by atoms with E-state index in [1.54, 1.807) is 0 Å². The number of hydrogen-bond donors (Lipinski definition) is 2. The predicted octanol–water partition coefficient (Wildman–Crippen LogP) is 1.22. The Morgan fingerprint density at radius 3 is 2.42 bits per heavy atom. The molecule has 1 aliphatic carbocycles. The molecule has 0 bridgehead atoms. The van der Waals surface area contributed by atoms with E-state index in [0.717, 1.165) is 19.3 Å². The smallest absolute Gasteiger partial charge is 0.0813 e. The van der Waals surface area contributed by atoms with Crippen LogP contribution in [0.5, 0.6) is 0 Å². The summed E-state index contributed by atoms with van der Waals surface area (Å²) in [5.41, 5.74) is 2.74. The van der Waals surface area contributed by atoms with Gasteiger partial charge in [0, 0.05) is 0 Å².